The maximum atomic E-state index is 9.52. The second-order valence-corrected chi connectivity index (χ2v) is 6.35. The van der Waals surface area contributed by atoms with Gasteiger partial charge in [-0.1, -0.05) is 32.0 Å². The first-order valence-corrected chi connectivity index (χ1v) is 7.20. The van der Waals surface area contributed by atoms with Crippen LogP contribution in [0.2, 0.25) is 0 Å². The second kappa shape index (κ2) is 4.96. The minimum atomic E-state index is -0.0232. The largest absolute Gasteiger partial charge is 0.464 e. The molecule has 1 fully saturated rings. The molecule has 104 valence electrons. The fraction of sp³-hybridized carbons (Fsp3) is 0.471. The van der Waals surface area contributed by atoms with Gasteiger partial charge in [0.2, 0.25) is 0 Å². The van der Waals surface area contributed by atoms with Gasteiger partial charge in [-0.15, -0.1) is 0 Å². The molecule has 3 heteroatoms. The molecule has 0 aliphatic carbocycles. The van der Waals surface area contributed by atoms with Crippen LogP contribution in [0.25, 0.3) is 11.0 Å². The van der Waals surface area contributed by atoms with Crippen molar-refractivity contribution in [1.29, 1.82) is 5.26 Å². The van der Waals surface area contributed by atoms with Gasteiger partial charge in [-0.2, -0.15) is 5.26 Å². The van der Waals surface area contributed by atoms with Crippen molar-refractivity contribution in [3.8, 4) is 6.07 Å². The molecule has 0 bridgehead atoms. The monoisotopic (exact) mass is 268 g/mol. The molecule has 1 aromatic heterocycles. The molecule has 0 radical (unpaired) electrons. The lowest BCUT2D eigenvalue weighted by Gasteiger charge is -2.42. The van der Waals surface area contributed by atoms with Crippen LogP contribution in [0.15, 0.2) is 34.9 Å². The van der Waals surface area contributed by atoms with Crippen molar-refractivity contribution in [2.75, 3.05) is 6.54 Å². The summed E-state index contributed by atoms with van der Waals surface area (Å²) in [6, 6.07) is 10.6. The van der Waals surface area contributed by atoms with Gasteiger partial charge in [0.1, 0.15) is 11.6 Å². The fourth-order valence-electron chi connectivity index (χ4n) is 3.30. The molecule has 1 atom stereocenters. The normalized spacial score (nSPS) is 22.8. The Morgan fingerprint density at radius 1 is 1.40 bits per heavy atom. The third kappa shape index (κ3) is 2.21. The predicted molar refractivity (Wildman–Crippen MR) is 79.0 cm³/mol. The lowest BCUT2D eigenvalue weighted by Crippen LogP contribution is -2.48. The molecule has 1 aliphatic rings. The van der Waals surface area contributed by atoms with E-state index in [1.165, 1.54) is 5.56 Å². The fourth-order valence-corrected chi connectivity index (χ4v) is 3.30. The average molecular weight is 268 g/mol. The summed E-state index contributed by atoms with van der Waals surface area (Å²) in [6.45, 7) is 6.17. The topological polar surface area (TPSA) is 40.2 Å². The highest BCUT2D eigenvalue weighted by Gasteiger charge is 2.37. The number of benzene rings is 1. The molecule has 2 heterocycles. The number of hydrogen-bond donors (Lipinski definition) is 0. The molecule has 0 unspecified atom stereocenters. The number of para-hydroxylation sites is 1. The highest BCUT2D eigenvalue weighted by molar-refractivity contribution is 5.80. The zero-order valence-electron chi connectivity index (χ0n) is 12.1. The molecule has 3 rings (SSSR count). The van der Waals surface area contributed by atoms with Crippen molar-refractivity contribution >= 4 is 11.0 Å². The third-order valence-corrected chi connectivity index (χ3v) is 4.43. The standard InChI is InChI=1S/C17H20N2O/c1-17(2)8-5-9-19(16(17)10-18)11-13-12-20-15-7-4-3-6-14(13)15/h3-4,6-7,12,16H,5,8-9,11H2,1-2H3/t16-/m1/s1. The number of fused-ring (bicyclic) bond motifs is 1. The Labute approximate surface area is 119 Å². The van der Waals surface area contributed by atoms with E-state index in [9.17, 15) is 5.26 Å². The van der Waals surface area contributed by atoms with Crippen molar-refractivity contribution in [2.45, 2.75) is 39.3 Å². The van der Waals surface area contributed by atoms with E-state index in [2.05, 4.69) is 30.9 Å². The van der Waals surface area contributed by atoms with Crippen LogP contribution in [0.1, 0.15) is 32.3 Å². The van der Waals surface area contributed by atoms with E-state index in [1.54, 1.807) is 0 Å². The molecule has 1 aromatic carbocycles. The summed E-state index contributed by atoms with van der Waals surface area (Å²) in [7, 11) is 0. The summed E-state index contributed by atoms with van der Waals surface area (Å²) in [5.74, 6) is 0. The molecule has 2 aromatic rings. The Morgan fingerprint density at radius 2 is 2.20 bits per heavy atom. The lowest BCUT2D eigenvalue weighted by atomic mass is 9.77. The predicted octanol–water partition coefficient (Wildman–Crippen LogP) is 3.95. The van der Waals surface area contributed by atoms with Gasteiger partial charge in [-0.25, -0.2) is 0 Å². The SMILES string of the molecule is CC1(C)CCCN(Cc2coc3ccccc23)[C@@H]1C#N. The highest BCUT2D eigenvalue weighted by Crippen LogP contribution is 2.36. The van der Waals surface area contributed by atoms with Crippen molar-refractivity contribution in [2.24, 2.45) is 5.41 Å². The number of nitriles is 1. The zero-order chi connectivity index (χ0) is 14.2. The van der Waals surface area contributed by atoms with Crippen molar-refractivity contribution in [1.82, 2.24) is 4.90 Å². The number of nitrogens with zero attached hydrogens (tertiary/aromatic N) is 2. The highest BCUT2D eigenvalue weighted by atomic mass is 16.3. The molecule has 0 amide bonds. The minimum absolute atomic E-state index is 0.0232. The molecule has 0 spiro atoms. The Hall–Kier alpha value is -1.79. The first-order chi connectivity index (χ1) is 9.62. The van der Waals surface area contributed by atoms with Gasteiger partial charge in [0.05, 0.1) is 12.3 Å². The number of rotatable bonds is 2. The van der Waals surface area contributed by atoms with Crippen LogP contribution in [-0.2, 0) is 6.54 Å². The smallest absolute Gasteiger partial charge is 0.134 e. The molecule has 0 saturated carbocycles. The summed E-state index contributed by atoms with van der Waals surface area (Å²) < 4.78 is 5.60. The molecule has 3 nitrogen and oxygen atoms in total. The first-order valence-electron chi connectivity index (χ1n) is 7.20. The molecular weight excluding hydrogens is 248 g/mol. The lowest BCUT2D eigenvalue weighted by molar-refractivity contribution is 0.0663. The van der Waals surface area contributed by atoms with E-state index >= 15 is 0 Å². The maximum Gasteiger partial charge on any atom is 0.134 e. The van der Waals surface area contributed by atoms with Gasteiger partial charge in [0.25, 0.3) is 0 Å². The van der Waals surface area contributed by atoms with Gasteiger partial charge >= 0.3 is 0 Å². The van der Waals surface area contributed by atoms with E-state index in [-0.39, 0.29) is 11.5 Å². The molecule has 0 N–H and O–H groups in total. The number of likely N-dealkylation sites (tertiary alicyclic amines) is 1. The maximum absolute atomic E-state index is 9.52. The quantitative estimate of drug-likeness (QED) is 0.828. The van der Waals surface area contributed by atoms with E-state index in [1.807, 2.05) is 24.5 Å². The van der Waals surface area contributed by atoms with E-state index in [4.69, 9.17) is 4.42 Å². The van der Waals surface area contributed by atoms with Crippen molar-refractivity contribution < 1.29 is 4.42 Å². The third-order valence-electron chi connectivity index (χ3n) is 4.43. The van der Waals surface area contributed by atoms with Crippen LogP contribution in [-0.4, -0.2) is 17.5 Å². The van der Waals surface area contributed by atoms with Crippen LogP contribution < -0.4 is 0 Å². The second-order valence-electron chi connectivity index (χ2n) is 6.35. The van der Waals surface area contributed by atoms with E-state index < -0.39 is 0 Å². The Bertz CT molecular complexity index is 650. The molecule has 1 aliphatic heterocycles. The van der Waals surface area contributed by atoms with Crippen LogP contribution in [0.3, 0.4) is 0 Å². The van der Waals surface area contributed by atoms with Gasteiger partial charge in [0, 0.05) is 17.5 Å². The minimum Gasteiger partial charge on any atom is -0.464 e. The van der Waals surface area contributed by atoms with Crippen molar-refractivity contribution in [3.63, 3.8) is 0 Å². The summed E-state index contributed by atoms with van der Waals surface area (Å²) in [5.41, 5.74) is 2.16. The van der Waals surface area contributed by atoms with E-state index in [0.717, 1.165) is 36.9 Å². The Balaban J connectivity index is 1.88. The first kappa shape index (κ1) is 13.2. The number of piperidine rings is 1. The van der Waals surface area contributed by atoms with Crippen LogP contribution in [0.4, 0.5) is 0 Å². The molecule has 1 saturated heterocycles. The average Bonchev–Trinajstić information content (AvgIpc) is 2.82. The van der Waals surface area contributed by atoms with Crippen LogP contribution in [0.5, 0.6) is 0 Å². The van der Waals surface area contributed by atoms with Gasteiger partial charge in [0.15, 0.2) is 0 Å². The Morgan fingerprint density at radius 3 is 3.00 bits per heavy atom. The van der Waals surface area contributed by atoms with Crippen LogP contribution >= 0.6 is 0 Å². The summed E-state index contributed by atoms with van der Waals surface area (Å²) >= 11 is 0. The summed E-state index contributed by atoms with van der Waals surface area (Å²) in [4.78, 5) is 2.29. The van der Waals surface area contributed by atoms with Gasteiger partial charge in [-0.3, -0.25) is 4.90 Å². The summed E-state index contributed by atoms with van der Waals surface area (Å²) in [6.07, 6.45) is 4.11. The van der Waals surface area contributed by atoms with Crippen LogP contribution in [0, 0.1) is 16.7 Å². The van der Waals surface area contributed by atoms with E-state index in [0.29, 0.717) is 0 Å². The van der Waals surface area contributed by atoms with Gasteiger partial charge < -0.3 is 4.42 Å². The van der Waals surface area contributed by atoms with Gasteiger partial charge in [-0.05, 0) is 30.9 Å². The molecular formula is C17H20N2O. The molecule has 20 heavy (non-hydrogen) atoms. The Kier molecular flexibility index (Phi) is 3.27. The van der Waals surface area contributed by atoms with Crippen molar-refractivity contribution in [3.05, 3.63) is 36.1 Å². The number of hydrogen-bond acceptors (Lipinski definition) is 3. The zero-order valence-corrected chi connectivity index (χ0v) is 12.1. The number of furan rings is 1. The summed E-state index contributed by atoms with van der Waals surface area (Å²) in [5, 5.41) is 10.7.